The van der Waals surface area contributed by atoms with Crippen molar-refractivity contribution >= 4 is 17.4 Å². The van der Waals surface area contributed by atoms with Gasteiger partial charge in [-0.05, 0) is 25.1 Å². The molecular formula is C17H16ClFO2. The molecule has 0 N–H and O–H groups in total. The van der Waals surface area contributed by atoms with E-state index in [9.17, 15) is 9.18 Å². The van der Waals surface area contributed by atoms with Gasteiger partial charge in [0.15, 0.2) is 0 Å². The molecule has 2 aromatic rings. The van der Waals surface area contributed by atoms with Crippen LogP contribution in [0.2, 0.25) is 5.02 Å². The standard InChI is InChI=1S/C17H16ClFO2/c1-11-6-7-17(21-2)12(8-11)9-13(20)10-14-15(18)4-3-5-16(14)19/h3-8H,9-10H2,1-2H3. The summed E-state index contributed by atoms with van der Waals surface area (Å²) in [6, 6.07) is 10.1. The van der Waals surface area contributed by atoms with E-state index in [-0.39, 0.29) is 29.2 Å². The van der Waals surface area contributed by atoms with E-state index in [1.165, 1.54) is 12.1 Å². The molecule has 0 aliphatic rings. The van der Waals surface area contributed by atoms with Gasteiger partial charge in [0.1, 0.15) is 17.3 Å². The molecule has 0 radical (unpaired) electrons. The number of hydrogen-bond acceptors (Lipinski definition) is 2. The van der Waals surface area contributed by atoms with Crippen LogP contribution in [-0.2, 0) is 17.6 Å². The molecule has 0 amide bonds. The number of aryl methyl sites for hydroxylation is 1. The molecule has 110 valence electrons. The Morgan fingerprint density at radius 1 is 1.24 bits per heavy atom. The van der Waals surface area contributed by atoms with Gasteiger partial charge in [0.25, 0.3) is 0 Å². The van der Waals surface area contributed by atoms with Gasteiger partial charge in [0.05, 0.1) is 7.11 Å². The number of Topliss-reactive ketones (excluding diaryl/α,β-unsaturated/α-hetero) is 1. The van der Waals surface area contributed by atoms with Crippen molar-refractivity contribution < 1.29 is 13.9 Å². The van der Waals surface area contributed by atoms with Gasteiger partial charge in [-0.15, -0.1) is 0 Å². The first kappa shape index (κ1) is 15.5. The quantitative estimate of drug-likeness (QED) is 0.829. The minimum Gasteiger partial charge on any atom is -0.496 e. The third kappa shape index (κ3) is 3.82. The lowest BCUT2D eigenvalue weighted by Gasteiger charge is -2.10. The van der Waals surface area contributed by atoms with Gasteiger partial charge in [-0.1, -0.05) is 35.4 Å². The van der Waals surface area contributed by atoms with Gasteiger partial charge in [0, 0.05) is 29.0 Å². The zero-order valence-corrected chi connectivity index (χ0v) is 12.7. The molecule has 2 rings (SSSR count). The Morgan fingerprint density at radius 3 is 2.67 bits per heavy atom. The van der Waals surface area contributed by atoms with Gasteiger partial charge in [-0.3, -0.25) is 4.79 Å². The fourth-order valence-electron chi connectivity index (χ4n) is 2.22. The largest absolute Gasteiger partial charge is 0.496 e. The molecule has 0 bridgehead atoms. The number of carbonyl (C=O) groups is 1. The zero-order valence-electron chi connectivity index (χ0n) is 12.0. The SMILES string of the molecule is COc1ccc(C)cc1CC(=O)Cc1c(F)cccc1Cl. The number of benzene rings is 2. The minimum absolute atomic E-state index is 0.0252. The average Bonchev–Trinajstić information content (AvgIpc) is 2.43. The highest BCUT2D eigenvalue weighted by Gasteiger charge is 2.14. The summed E-state index contributed by atoms with van der Waals surface area (Å²) in [5.41, 5.74) is 2.09. The van der Waals surface area contributed by atoms with Crippen LogP contribution >= 0.6 is 11.6 Å². The van der Waals surface area contributed by atoms with Gasteiger partial charge in [-0.25, -0.2) is 4.39 Å². The van der Waals surface area contributed by atoms with Gasteiger partial charge < -0.3 is 4.74 Å². The lowest BCUT2D eigenvalue weighted by Crippen LogP contribution is -2.09. The van der Waals surface area contributed by atoms with Crippen LogP contribution in [0.15, 0.2) is 36.4 Å². The highest BCUT2D eigenvalue weighted by atomic mass is 35.5. The van der Waals surface area contributed by atoms with E-state index in [0.29, 0.717) is 5.75 Å². The second-order valence-electron chi connectivity index (χ2n) is 4.91. The Labute approximate surface area is 128 Å². The summed E-state index contributed by atoms with van der Waals surface area (Å²) in [4.78, 5) is 12.2. The maximum Gasteiger partial charge on any atom is 0.141 e. The predicted molar refractivity (Wildman–Crippen MR) is 81.6 cm³/mol. The van der Waals surface area contributed by atoms with Crippen LogP contribution < -0.4 is 4.74 Å². The van der Waals surface area contributed by atoms with Crippen LogP contribution in [0.1, 0.15) is 16.7 Å². The molecule has 2 aromatic carbocycles. The second kappa shape index (κ2) is 6.72. The number of ether oxygens (including phenoxy) is 1. The molecule has 0 unspecified atom stereocenters. The minimum atomic E-state index is -0.452. The molecule has 0 aromatic heterocycles. The molecule has 0 saturated heterocycles. The third-order valence-electron chi connectivity index (χ3n) is 3.26. The topological polar surface area (TPSA) is 26.3 Å². The maximum atomic E-state index is 13.7. The lowest BCUT2D eigenvalue weighted by atomic mass is 10.0. The number of carbonyl (C=O) groups excluding carboxylic acids is 1. The number of ketones is 1. The normalized spacial score (nSPS) is 10.5. The molecule has 0 fully saturated rings. The van der Waals surface area contributed by atoms with Crippen molar-refractivity contribution in [3.8, 4) is 5.75 Å². The third-order valence-corrected chi connectivity index (χ3v) is 3.61. The van der Waals surface area contributed by atoms with Crippen molar-refractivity contribution in [3.05, 3.63) is 63.9 Å². The van der Waals surface area contributed by atoms with E-state index in [0.717, 1.165) is 11.1 Å². The first-order valence-corrected chi connectivity index (χ1v) is 6.97. The van der Waals surface area contributed by atoms with Crippen molar-refractivity contribution in [3.63, 3.8) is 0 Å². The van der Waals surface area contributed by atoms with Crippen molar-refractivity contribution in [2.45, 2.75) is 19.8 Å². The van der Waals surface area contributed by atoms with Crippen LogP contribution in [0.3, 0.4) is 0 Å². The summed E-state index contributed by atoms with van der Waals surface area (Å²) in [7, 11) is 1.56. The second-order valence-corrected chi connectivity index (χ2v) is 5.31. The highest BCUT2D eigenvalue weighted by Crippen LogP contribution is 2.23. The first-order chi connectivity index (χ1) is 10.0. The fraction of sp³-hybridized carbons (Fsp3) is 0.235. The Kier molecular flexibility index (Phi) is 4.97. The van der Waals surface area contributed by atoms with Crippen LogP contribution in [0.5, 0.6) is 5.75 Å². The Morgan fingerprint density at radius 2 is 2.00 bits per heavy atom. The van der Waals surface area contributed by atoms with Crippen LogP contribution in [0.4, 0.5) is 4.39 Å². The molecule has 2 nitrogen and oxygen atoms in total. The molecular weight excluding hydrogens is 291 g/mol. The van der Waals surface area contributed by atoms with Crippen molar-refractivity contribution in [2.24, 2.45) is 0 Å². The van der Waals surface area contributed by atoms with E-state index in [2.05, 4.69) is 0 Å². The van der Waals surface area contributed by atoms with Gasteiger partial charge in [0.2, 0.25) is 0 Å². The van der Waals surface area contributed by atoms with Crippen LogP contribution in [0.25, 0.3) is 0 Å². The summed E-state index contributed by atoms with van der Waals surface area (Å²) < 4.78 is 18.9. The summed E-state index contributed by atoms with van der Waals surface area (Å²) >= 11 is 5.94. The molecule has 0 saturated carbocycles. The number of hydrogen-bond donors (Lipinski definition) is 0. The molecule has 0 aliphatic heterocycles. The highest BCUT2D eigenvalue weighted by molar-refractivity contribution is 6.31. The van der Waals surface area contributed by atoms with E-state index in [4.69, 9.17) is 16.3 Å². The number of halogens is 2. The van der Waals surface area contributed by atoms with E-state index < -0.39 is 5.82 Å². The van der Waals surface area contributed by atoms with Gasteiger partial charge in [-0.2, -0.15) is 0 Å². The summed E-state index contributed by atoms with van der Waals surface area (Å²) in [5, 5.41) is 0.277. The molecule has 0 atom stereocenters. The molecule has 0 spiro atoms. The van der Waals surface area contributed by atoms with Crippen molar-refractivity contribution in [1.29, 1.82) is 0 Å². The maximum absolute atomic E-state index is 13.7. The summed E-state index contributed by atoms with van der Waals surface area (Å²) in [6.45, 7) is 1.95. The average molecular weight is 307 g/mol. The van der Waals surface area contributed by atoms with Gasteiger partial charge >= 0.3 is 0 Å². The monoisotopic (exact) mass is 306 g/mol. The summed E-state index contributed by atoms with van der Waals surface area (Å²) in [5.74, 6) is 0.103. The molecule has 4 heteroatoms. The Bertz CT molecular complexity index is 648. The predicted octanol–water partition coefficient (Wildman–Crippen LogP) is 4.15. The van der Waals surface area contributed by atoms with E-state index >= 15 is 0 Å². The molecule has 21 heavy (non-hydrogen) atoms. The van der Waals surface area contributed by atoms with Crippen molar-refractivity contribution in [2.75, 3.05) is 7.11 Å². The number of rotatable bonds is 5. The summed E-state index contributed by atoms with van der Waals surface area (Å²) in [6.07, 6.45) is 0.165. The lowest BCUT2D eigenvalue weighted by molar-refractivity contribution is -0.117. The van der Waals surface area contributed by atoms with E-state index in [1.54, 1.807) is 13.2 Å². The zero-order chi connectivity index (χ0) is 15.4. The number of methoxy groups -OCH3 is 1. The Hall–Kier alpha value is -1.87. The van der Waals surface area contributed by atoms with Crippen molar-refractivity contribution in [1.82, 2.24) is 0 Å². The van der Waals surface area contributed by atoms with Crippen LogP contribution in [-0.4, -0.2) is 12.9 Å². The first-order valence-electron chi connectivity index (χ1n) is 6.59. The van der Waals surface area contributed by atoms with E-state index in [1.807, 2.05) is 25.1 Å². The fourth-order valence-corrected chi connectivity index (χ4v) is 2.45. The molecule has 0 heterocycles. The smallest absolute Gasteiger partial charge is 0.141 e. The Balaban J connectivity index is 2.17. The molecule has 0 aliphatic carbocycles. The van der Waals surface area contributed by atoms with Crippen LogP contribution in [0, 0.1) is 12.7 Å².